The molecule has 3 nitrogen and oxygen atoms in total. The van der Waals surface area contributed by atoms with E-state index in [9.17, 15) is 4.79 Å². The van der Waals surface area contributed by atoms with Crippen molar-refractivity contribution in [2.24, 2.45) is 5.73 Å². The standard InChI is InChI=1S/C7H4ClNO2/c8-4-1-2-6(10)5(3-4)7(9)11/h3,10H,(H2,9,11). The number of hydrogen-bond acceptors (Lipinski definition) is 2. The Bertz CT molecular complexity index is 341. The highest BCUT2D eigenvalue weighted by Gasteiger charge is 2.11. The van der Waals surface area contributed by atoms with Crippen LogP contribution >= 0.6 is 11.6 Å². The number of primary amides is 1. The Labute approximate surface area is 67.8 Å². The average molecular weight is 170 g/mol. The van der Waals surface area contributed by atoms with Crippen molar-refractivity contribution >= 4 is 17.5 Å². The van der Waals surface area contributed by atoms with Gasteiger partial charge in [-0.25, -0.2) is 0 Å². The molecular formula is C7H4ClNO2. The van der Waals surface area contributed by atoms with Crippen molar-refractivity contribution in [2.75, 3.05) is 0 Å². The smallest absolute Gasteiger partial charge is 0.253 e. The van der Waals surface area contributed by atoms with Crippen LogP contribution < -0.4 is 5.73 Å². The Hall–Kier alpha value is -1.40. The highest BCUT2D eigenvalue weighted by Crippen LogP contribution is 2.14. The molecule has 0 aromatic heterocycles. The molecule has 1 aliphatic rings. The van der Waals surface area contributed by atoms with Gasteiger partial charge in [0.2, 0.25) is 0 Å². The molecule has 0 aromatic rings. The fraction of sp³-hybridized carbons (Fsp3) is 0. The summed E-state index contributed by atoms with van der Waals surface area (Å²) in [7, 11) is 0. The summed E-state index contributed by atoms with van der Waals surface area (Å²) in [5.41, 5.74) is 9.47. The van der Waals surface area contributed by atoms with Gasteiger partial charge in [0.05, 0.1) is 10.6 Å². The van der Waals surface area contributed by atoms with Gasteiger partial charge in [-0.05, 0) is 17.5 Å². The Morgan fingerprint density at radius 1 is 1.64 bits per heavy atom. The summed E-state index contributed by atoms with van der Waals surface area (Å²) in [5, 5.41) is 9.15. The Morgan fingerprint density at radius 3 is 2.73 bits per heavy atom. The van der Waals surface area contributed by atoms with E-state index in [1.807, 2.05) is 0 Å². The number of aliphatic hydroxyl groups excluding tert-OH is 1. The number of hydrogen-bond donors (Lipinski definition) is 2. The molecule has 0 bridgehead atoms. The Balaban J connectivity index is 3.20. The molecule has 0 spiro atoms. The number of allylic oxidation sites excluding steroid dienone is 2. The molecule has 0 fully saturated rings. The molecule has 0 radical (unpaired) electrons. The van der Waals surface area contributed by atoms with E-state index in [0.717, 1.165) is 0 Å². The molecule has 3 N–H and O–H groups in total. The first-order valence-corrected chi connectivity index (χ1v) is 3.11. The maximum Gasteiger partial charge on any atom is 0.253 e. The monoisotopic (exact) mass is 169 g/mol. The highest BCUT2D eigenvalue weighted by molar-refractivity contribution is 6.31. The fourth-order valence-corrected chi connectivity index (χ4v) is 0.762. The zero-order chi connectivity index (χ0) is 8.43. The van der Waals surface area contributed by atoms with Crippen LogP contribution in [0.15, 0.2) is 33.9 Å². The van der Waals surface area contributed by atoms with E-state index >= 15 is 0 Å². The van der Waals surface area contributed by atoms with Crippen molar-refractivity contribution in [2.45, 2.75) is 0 Å². The van der Waals surface area contributed by atoms with Gasteiger partial charge in [-0.15, -0.1) is 0 Å². The second-order valence-corrected chi connectivity index (χ2v) is 2.28. The van der Waals surface area contributed by atoms with Gasteiger partial charge in [0.25, 0.3) is 5.91 Å². The quantitative estimate of drug-likeness (QED) is 0.569. The van der Waals surface area contributed by atoms with E-state index < -0.39 is 5.91 Å². The number of aliphatic hydroxyl groups is 1. The summed E-state index contributed by atoms with van der Waals surface area (Å²) in [4.78, 5) is 10.5. The number of amides is 1. The third-order valence-electron chi connectivity index (χ3n) is 1.09. The van der Waals surface area contributed by atoms with Gasteiger partial charge in [-0.1, -0.05) is 11.6 Å². The predicted molar refractivity (Wildman–Crippen MR) is 39.8 cm³/mol. The molecule has 1 amide bonds. The largest absolute Gasteiger partial charge is 0.500 e. The van der Waals surface area contributed by atoms with Gasteiger partial charge >= 0.3 is 0 Å². The topological polar surface area (TPSA) is 63.3 Å². The SMILES string of the molecule is NC(=O)C1=CC(Cl)=C=C=C1O. The number of carbonyl (C=O) groups is 1. The van der Waals surface area contributed by atoms with Crippen LogP contribution in [0.5, 0.6) is 0 Å². The van der Waals surface area contributed by atoms with Crippen molar-refractivity contribution in [3.8, 4) is 0 Å². The molecule has 0 atom stereocenters. The molecule has 0 saturated heterocycles. The van der Waals surface area contributed by atoms with Gasteiger partial charge in [-0.2, -0.15) is 0 Å². The third-order valence-corrected chi connectivity index (χ3v) is 1.30. The number of nitrogens with two attached hydrogens (primary N) is 1. The first-order chi connectivity index (χ1) is 5.11. The van der Waals surface area contributed by atoms with E-state index in [1.165, 1.54) is 6.08 Å². The van der Waals surface area contributed by atoms with Crippen LogP contribution in [0.2, 0.25) is 0 Å². The Kier molecular flexibility index (Phi) is 1.88. The van der Waals surface area contributed by atoms with E-state index in [2.05, 4.69) is 11.5 Å². The number of carbonyl (C=O) groups excluding carboxylic acids is 1. The van der Waals surface area contributed by atoms with Crippen LogP contribution in [0.3, 0.4) is 0 Å². The van der Waals surface area contributed by atoms with E-state index in [4.69, 9.17) is 22.4 Å². The van der Waals surface area contributed by atoms with Crippen LogP contribution in [-0.4, -0.2) is 11.0 Å². The molecule has 0 unspecified atom stereocenters. The van der Waals surface area contributed by atoms with Crippen LogP contribution in [0.4, 0.5) is 0 Å². The maximum atomic E-state index is 10.5. The van der Waals surface area contributed by atoms with Crippen LogP contribution in [0.1, 0.15) is 0 Å². The molecular weight excluding hydrogens is 166 g/mol. The molecule has 11 heavy (non-hydrogen) atoms. The van der Waals surface area contributed by atoms with Crippen molar-refractivity contribution in [3.63, 3.8) is 0 Å². The van der Waals surface area contributed by atoms with E-state index in [0.29, 0.717) is 0 Å². The third kappa shape index (κ3) is 1.54. The first kappa shape index (κ1) is 7.70. The van der Waals surface area contributed by atoms with Crippen LogP contribution in [0.25, 0.3) is 0 Å². The van der Waals surface area contributed by atoms with Gasteiger partial charge in [-0.3, -0.25) is 4.79 Å². The molecule has 56 valence electrons. The van der Waals surface area contributed by atoms with Crippen molar-refractivity contribution in [1.29, 1.82) is 0 Å². The molecule has 4 heteroatoms. The summed E-state index contributed by atoms with van der Waals surface area (Å²) in [6.45, 7) is 0. The van der Waals surface area contributed by atoms with Crippen molar-refractivity contribution in [3.05, 3.63) is 33.9 Å². The minimum atomic E-state index is -0.741. The summed E-state index contributed by atoms with van der Waals surface area (Å²) in [5.74, 6) is -1.07. The minimum absolute atomic E-state index is 0.0475. The first-order valence-electron chi connectivity index (χ1n) is 2.73. The van der Waals surface area contributed by atoms with Crippen molar-refractivity contribution in [1.82, 2.24) is 0 Å². The van der Waals surface area contributed by atoms with Gasteiger partial charge in [0.15, 0.2) is 5.76 Å². The lowest BCUT2D eigenvalue weighted by molar-refractivity contribution is -0.114. The highest BCUT2D eigenvalue weighted by atomic mass is 35.5. The van der Waals surface area contributed by atoms with Crippen LogP contribution in [0, 0.1) is 0 Å². The maximum absolute atomic E-state index is 10.5. The second kappa shape index (κ2) is 2.69. The lowest BCUT2D eigenvalue weighted by Crippen LogP contribution is -2.15. The summed E-state index contributed by atoms with van der Waals surface area (Å²) in [6, 6.07) is 0. The van der Waals surface area contributed by atoms with Crippen LogP contribution in [-0.2, 0) is 4.79 Å². The number of rotatable bonds is 1. The fourth-order valence-electron chi connectivity index (χ4n) is 0.605. The van der Waals surface area contributed by atoms with Crippen molar-refractivity contribution < 1.29 is 9.90 Å². The summed E-state index contributed by atoms with van der Waals surface area (Å²) < 4.78 is 0. The van der Waals surface area contributed by atoms with E-state index in [-0.39, 0.29) is 16.4 Å². The molecule has 0 aromatic carbocycles. The zero-order valence-electron chi connectivity index (χ0n) is 5.39. The summed E-state index contributed by atoms with van der Waals surface area (Å²) >= 11 is 5.46. The normalized spacial score (nSPS) is 15.2. The second-order valence-electron chi connectivity index (χ2n) is 1.87. The lowest BCUT2D eigenvalue weighted by atomic mass is 10.1. The minimum Gasteiger partial charge on any atom is -0.500 e. The zero-order valence-corrected chi connectivity index (χ0v) is 6.14. The molecule has 0 heterocycles. The van der Waals surface area contributed by atoms with E-state index in [1.54, 1.807) is 0 Å². The lowest BCUT2D eigenvalue weighted by Gasteiger charge is -1.99. The number of halogens is 1. The van der Waals surface area contributed by atoms with Gasteiger partial charge in [0.1, 0.15) is 0 Å². The van der Waals surface area contributed by atoms with Gasteiger partial charge < -0.3 is 10.8 Å². The Morgan fingerprint density at radius 2 is 2.27 bits per heavy atom. The molecule has 0 aliphatic heterocycles. The molecule has 0 saturated carbocycles. The molecule has 1 rings (SSSR count). The van der Waals surface area contributed by atoms with Gasteiger partial charge in [0, 0.05) is 0 Å². The predicted octanol–water partition coefficient (Wildman–Crippen LogP) is 0.730. The average Bonchev–Trinajstić information content (AvgIpc) is 1.94. The molecule has 1 aliphatic carbocycles. The summed E-state index contributed by atoms with van der Waals surface area (Å²) in [6.07, 6.45) is 1.23.